The molecule has 1 aromatic heterocycles. The summed E-state index contributed by atoms with van der Waals surface area (Å²) in [6.07, 6.45) is 0. The quantitative estimate of drug-likeness (QED) is 0.639. The third-order valence-corrected chi connectivity index (χ3v) is 3.41. The average molecular weight is 294 g/mol. The molecule has 0 spiro atoms. The second-order valence-corrected chi connectivity index (χ2v) is 4.97. The summed E-state index contributed by atoms with van der Waals surface area (Å²) in [5, 5.41) is 16.3. The van der Waals surface area contributed by atoms with Gasteiger partial charge in [-0.2, -0.15) is 0 Å². The zero-order chi connectivity index (χ0) is 13.0. The molecule has 0 fully saturated rings. The van der Waals surface area contributed by atoms with Crippen molar-refractivity contribution in [1.82, 2.24) is 10.6 Å². The zero-order valence-electron chi connectivity index (χ0n) is 10.4. The summed E-state index contributed by atoms with van der Waals surface area (Å²) in [5.74, 6) is -0.270. The van der Waals surface area contributed by atoms with Gasteiger partial charge in [0.25, 0.3) is 11.6 Å². The van der Waals surface area contributed by atoms with Crippen molar-refractivity contribution in [3.05, 3.63) is 25.9 Å². The summed E-state index contributed by atoms with van der Waals surface area (Å²) in [5.41, 5.74) is 0.00168. The van der Waals surface area contributed by atoms with Crippen molar-refractivity contribution in [2.75, 3.05) is 13.6 Å². The first-order chi connectivity index (χ1) is 7.95. The van der Waals surface area contributed by atoms with Gasteiger partial charge in [0, 0.05) is 18.7 Å². The van der Waals surface area contributed by atoms with E-state index in [9.17, 15) is 14.9 Å². The lowest BCUT2D eigenvalue weighted by molar-refractivity contribution is -0.385. The van der Waals surface area contributed by atoms with Gasteiger partial charge >= 0.3 is 0 Å². The number of aryl methyl sites for hydroxylation is 1. The maximum atomic E-state index is 11.7. The highest BCUT2D eigenvalue weighted by atomic mass is 35.5. The molecule has 0 aliphatic rings. The molecule has 0 saturated heterocycles. The number of hydrogen-bond acceptors (Lipinski definition) is 5. The minimum atomic E-state index is -0.473. The average Bonchev–Trinajstić information content (AvgIpc) is 2.67. The minimum absolute atomic E-state index is 0. The van der Waals surface area contributed by atoms with Gasteiger partial charge in [0.2, 0.25) is 0 Å². The predicted molar refractivity (Wildman–Crippen MR) is 73.8 cm³/mol. The topological polar surface area (TPSA) is 84.3 Å². The molecule has 2 N–H and O–H groups in total. The molecule has 1 aromatic rings. The summed E-state index contributed by atoms with van der Waals surface area (Å²) in [4.78, 5) is 22.8. The highest BCUT2D eigenvalue weighted by Gasteiger charge is 2.19. The Kier molecular flexibility index (Phi) is 6.82. The number of hydrogen-bond donors (Lipinski definition) is 2. The number of likely N-dealkylation sites (N-methyl/N-ethyl adjacent to an activating group) is 1. The van der Waals surface area contributed by atoms with Crippen LogP contribution in [-0.4, -0.2) is 30.5 Å². The van der Waals surface area contributed by atoms with Gasteiger partial charge in [0.05, 0.1) is 14.7 Å². The molecule has 0 radical (unpaired) electrons. The van der Waals surface area contributed by atoms with E-state index in [1.165, 1.54) is 6.07 Å². The molecule has 8 heteroatoms. The van der Waals surface area contributed by atoms with Crippen LogP contribution in [0, 0.1) is 17.0 Å². The Bertz CT molecular complexity index is 436. The summed E-state index contributed by atoms with van der Waals surface area (Å²) >= 11 is 1.14. The molecule has 0 aromatic carbocycles. The van der Waals surface area contributed by atoms with Crippen molar-refractivity contribution >= 4 is 35.3 Å². The highest BCUT2D eigenvalue weighted by molar-refractivity contribution is 7.14. The first-order valence-corrected chi connectivity index (χ1v) is 5.97. The zero-order valence-corrected chi connectivity index (χ0v) is 12.0. The van der Waals surface area contributed by atoms with Gasteiger partial charge in [-0.3, -0.25) is 14.9 Å². The van der Waals surface area contributed by atoms with Crippen LogP contribution in [0.25, 0.3) is 0 Å². The largest absolute Gasteiger partial charge is 0.350 e. The lowest BCUT2D eigenvalue weighted by atomic mass is 10.3. The van der Waals surface area contributed by atoms with Gasteiger partial charge in [0.15, 0.2) is 0 Å². The van der Waals surface area contributed by atoms with E-state index in [0.29, 0.717) is 16.3 Å². The van der Waals surface area contributed by atoms with E-state index in [4.69, 9.17) is 0 Å². The first kappa shape index (κ1) is 16.8. The Morgan fingerprint density at radius 2 is 2.22 bits per heavy atom. The van der Waals surface area contributed by atoms with Gasteiger partial charge in [-0.05, 0) is 20.9 Å². The van der Waals surface area contributed by atoms with Crippen LogP contribution in [-0.2, 0) is 0 Å². The molecule has 0 aliphatic carbocycles. The summed E-state index contributed by atoms with van der Waals surface area (Å²) < 4.78 is 0. The summed E-state index contributed by atoms with van der Waals surface area (Å²) in [6, 6.07) is 1.48. The second-order valence-electron chi connectivity index (χ2n) is 3.71. The third kappa shape index (κ3) is 4.25. The number of thiophene rings is 1. The van der Waals surface area contributed by atoms with Crippen molar-refractivity contribution in [3.63, 3.8) is 0 Å². The fourth-order valence-electron chi connectivity index (χ4n) is 1.20. The third-order valence-electron chi connectivity index (χ3n) is 2.37. The van der Waals surface area contributed by atoms with Crippen LogP contribution < -0.4 is 10.6 Å². The first-order valence-electron chi connectivity index (χ1n) is 5.16. The molecule has 1 amide bonds. The highest BCUT2D eigenvalue weighted by Crippen LogP contribution is 2.27. The SMILES string of the molecule is CNC(C)CNC(=O)c1cc([N+](=O)[O-])c(C)s1.Cl. The van der Waals surface area contributed by atoms with E-state index >= 15 is 0 Å². The van der Waals surface area contributed by atoms with Crippen molar-refractivity contribution in [2.45, 2.75) is 19.9 Å². The minimum Gasteiger partial charge on any atom is -0.350 e. The van der Waals surface area contributed by atoms with Crippen LogP contribution >= 0.6 is 23.7 Å². The van der Waals surface area contributed by atoms with Gasteiger partial charge in [-0.25, -0.2) is 0 Å². The van der Waals surface area contributed by atoms with Crippen LogP contribution in [0.15, 0.2) is 6.07 Å². The number of nitrogens with zero attached hydrogens (tertiary/aromatic N) is 1. The predicted octanol–water partition coefficient (Wildman–Crippen LogP) is 1.72. The number of rotatable bonds is 5. The van der Waals surface area contributed by atoms with E-state index in [0.717, 1.165) is 11.3 Å². The van der Waals surface area contributed by atoms with Crippen LogP contribution in [0.4, 0.5) is 5.69 Å². The van der Waals surface area contributed by atoms with Gasteiger partial charge < -0.3 is 10.6 Å². The maximum Gasteiger partial charge on any atom is 0.283 e. The Labute approximate surface area is 115 Å². The number of carbonyl (C=O) groups excluding carboxylic acids is 1. The Morgan fingerprint density at radius 3 is 2.67 bits per heavy atom. The van der Waals surface area contributed by atoms with E-state index in [1.807, 2.05) is 6.92 Å². The summed E-state index contributed by atoms with van der Waals surface area (Å²) in [7, 11) is 1.80. The van der Waals surface area contributed by atoms with E-state index in [-0.39, 0.29) is 30.0 Å². The molecule has 0 saturated carbocycles. The molecule has 0 aliphatic heterocycles. The van der Waals surface area contributed by atoms with Crippen LogP contribution in [0.5, 0.6) is 0 Å². The lowest BCUT2D eigenvalue weighted by Crippen LogP contribution is -2.36. The van der Waals surface area contributed by atoms with E-state index in [1.54, 1.807) is 14.0 Å². The van der Waals surface area contributed by atoms with E-state index < -0.39 is 4.92 Å². The smallest absolute Gasteiger partial charge is 0.283 e. The molecule has 1 rings (SSSR count). The monoisotopic (exact) mass is 293 g/mol. The van der Waals surface area contributed by atoms with Gasteiger partial charge in [-0.1, -0.05) is 0 Å². The molecule has 1 unspecified atom stereocenters. The Balaban J connectivity index is 0.00000289. The Hall–Kier alpha value is -1.18. The standard InChI is InChI=1S/C10H15N3O3S.ClH/c1-6(11-3)5-12-10(14)9-4-8(13(15)16)7(2)17-9;/h4,6,11H,5H2,1-3H3,(H,12,14);1H. The fraction of sp³-hybridized carbons (Fsp3) is 0.500. The number of nitro groups is 1. The molecule has 1 atom stereocenters. The van der Waals surface area contributed by atoms with Gasteiger partial charge in [-0.15, -0.1) is 23.7 Å². The molecule has 0 bridgehead atoms. The Morgan fingerprint density at radius 1 is 1.61 bits per heavy atom. The normalized spacial score (nSPS) is 11.5. The van der Waals surface area contributed by atoms with Crippen molar-refractivity contribution in [1.29, 1.82) is 0 Å². The maximum absolute atomic E-state index is 11.7. The number of nitrogens with one attached hydrogen (secondary N) is 2. The van der Waals surface area contributed by atoms with Crippen molar-refractivity contribution in [3.8, 4) is 0 Å². The van der Waals surface area contributed by atoms with Gasteiger partial charge in [0.1, 0.15) is 0 Å². The molecule has 18 heavy (non-hydrogen) atoms. The van der Waals surface area contributed by atoms with Crippen molar-refractivity contribution < 1.29 is 9.72 Å². The van der Waals surface area contributed by atoms with Crippen LogP contribution in [0.2, 0.25) is 0 Å². The fourth-order valence-corrected chi connectivity index (χ4v) is 2.10. The molecular formula is C10H16ClN3O3S. The molecule has 6 nitrogen and oxygen atoms in total. The van der Waals surface area contributed by atoms with Crippen molar-refractivity contribution in [2.24, 2.45) is 0 Å². The second kappa shape index (κ2) is 7.30. The lowest BCUT2D eigenvalue weighted by Gasteiger charge is -2.10. The number of carbonyl (C=O) groups is 1. The molecule has 1 heterocycles. The summed E-state index contributed by atoms with van der Waals surface area (Å²) in [6.45, 7) is 4.05. The van der Waals surface area contributed by atoms with E-state index in [2.05, 4.69) is 10.6 Å². The van der Waals surface area contributed by atoms with Crippen LogP contribution in [0.1, 0.15) is 21.5 Å². The number of halogens is 1. The number of amides is 1. The van der Waals surface area contributed by atoms with Crippen LogP contribution in [0.3, 0.4) is 0 Å². The molecule has 102 valence electrons. The molecular weight excluding hydrogens is 278 g/mol.